The van der Waals surface area contributed by atoms with Gasteiger partial charge in [0, 0.05) is 15.7 Å². The van der Waals surface area contributed by atoms with Crippen molar-refractivity contribution in [2.45, 2.75) is 10.8 Å². The first-order chi connectivity index (χ1) is 7.50. The van der Waals surface area contributed by atoms with Crippen LogP contribution in [0, 0.1) is 0 Å². The first kappa shape index (κ1) is 11.3. The summed E-state index contributed by atoms with van der Waals surface area (Å²) in [6, 6.07) is 0. The highest BCUT2D eigenvalue weighted by atomic mass is 127. The number of fused-ring (bicyclic) bond motifs is 1. The van der Waals surface area contributed by atoms with Gasteiger partial charge in [0.05, 0.1) is 5.71 Å². The molecule has 1 N–H and O–H groups in total. The van der Waals surface area contributed by atoms with E-state index >= 15 is 0 Å². The van der Waals surface area contributed by atoms with Crippen LogP contribution in [-0.2, 0) is 9.59 Å². The summed E-state index contributed by atoms with van der Waals surface area (Å²) in [5.41, 5.74) is 1.63. The van der Waals surface area contributed by atoms with E-state index in [-0.39, 0.29) is 9.50 Å². The van der Waals surface area contributed by atoms with Gasteiger partial charge < -0.3 is 5.11 Å². The van der Waals surface area contributed by atoms with Gasteiger partial charge in [-0.15, -0.1) is 0 Å². The maximum atomic E-state index is 11.9. The molecule has 1 atom stereocenters. The average molecular weight is 329 g/mol. The molecule has 16 heavy (non-hydrogen) atoms. The summed E-state index contributed by atoms with van der Waals surface area (Å²) in [5, 5.41) is 8.83. The highest BCUT2D eigenvalue weighted by molar-refractivity contribution is 14.1. The number of alkyl halides is 1. The number of Topliss-reactive ketones (excluding diaryl/α,β-unsaturated/α-hetero) is 1. The number of carbonyl (C=O) groups excluding carboxylic acids is 1. The van der Waals surface area contributed by atoms with Gasteiger partial charge in [-0.1, -0.05) is 34.7 Å². The number of aliphatic carboxylic acids is 1. The van der Waals surface area contributed by atoms with Crippen LogP contribution in [0.3, 0.4) is 0 Å². The van der Waals surface area contributed by atoms with E-state index in [0.29, 0.717) is 11.3 Å². The number of halogens is 1. The number of aliphatic imine (C=N–C) groups is 1. The van der Waals surface area contributed by atoms with Crippen molar-refractivity contribution in [2.24, 2.45) is 4.99 Å². The van der Waals surface area contributed by atoms with Crippen LogP contribution in [0.2, 0.25) is 0 Å². The van der Waals surface area contributed by atoms with Crippen molar-refractivity contribution in [3.63, 3.8) is 0 Å². The SMILES string of the molecule is CC1=CC(I)C=C2C(=O)C(C(=O)O)=CN=C12. The van der Waals surface area contributed by atoms with Crippen LogP contribution < -0.4 is 0 Å². The quantitative estimate of drug-likeness (QED) is 0.452. The first-order valence-electron chi connectivity index (χ1n) is 4.61. The standard InChI is InChI=1S/C11H8INO3/c1-5-2-6(12)3-7-9(5)13-4-8(10(7)14)11(15)16/h2-4,6H,1H3,(H,15,16). The summed E-state index contributed by atoms with van der Waals surface area (Å²) < 4.78 is 0.101. The topological polar surface area (TPSA) is 66.7 Å². The highest BCUT2D eigenvalue weighted by Crippen LogP contribution is 2.26. The molecular formula is C11H8INO3. The lowest BCUT2D eigenvalue weighted by molar-refractivity contribution is -0.134. The van der Waals surface area contributed by atoms with Crippen LogP contribution >= 0.6 is 22.6 Å². The minimum atomic E-state index is -1.23. The van der Waals surface area contributed by atoms with Crippen molar-refractivity contribution in [2.75, 3.05) is 0 Å². The van der Waals surface area contributed by atoms with Gasteiger partial charge in [0.25, 0.3) is 0 Å². The van der Waals surface area contributed by atoms with Crippen LogP contribution in [0.1, 0.15) is 6.92 Å². The summed E-state index contributed by atoms with van der Waals surface area (Å²) in [4.78, 5) is 26.7. The van der Waals surface area contributed by atoms with Crippen LogP contribution in [-0.4, -0.2) is 26.5 Å². The molecular weight excluding hydrogens is 321 g/mol. The van der Waals surface area contributed by atoms with Gasteiger partial charge in [0.1, 0.15) is 5.57 Å². The molecule has 1 aliphatic carbocycles. The number of nitrogens with zero attached hydrogens (tertiary/aromatic N) is 1. The molecule has 0 saturated carbocycles. The number of carbonyl (C=O) groups is 2. The number of hydrogen-bond donors (Lipinski definition) is 1. The Morgan fingerprint density at radius 3 is 2.81 bits per heavy atom. The maximum absolute atomic E-state index is 11.9. The van der Waals surface area contributed by atoms with E-state index in [4.69, 9.17) is 5.11 Å². The Balaban J connectivity index is 2.54. The predicted molar refractivity (Wildman–Crippen MR) is 67.8 cm³/mol. The van der Waals surface area contributed by atoms with Gasteiger partial charge in [-0.2, -0.15) is 0 Å². The summed E-state index contributed by atoms with van der Waals surface area (Å²) >= 11 is 2.17. The Bertz CT molecular complexity index is 511. The van der Waals surface area contributed by atoms with Crippen LogP contribution in [0.5, 0.6) is 0 Å². The lowest BCUT2D eigenvalue weighted by Crippen LogP contribution is -2.26. The fourth-order valence-electron chi connectivity index (χ4n) is 1.66. The molecule has 0 aromatic heterocycles. The second-order valence-corrected chi connectivity index (χ2v) is 4.97. The molecule has 2 aliphatic rings. The molecule has 0 bridgehead atoms. The molecule has 1 aliphatic heterocycles. The second kappa shape index (κ2) is 3.97. The van der Waals surface area contributed by atoms with E-state index in [9.17, 15) is 9.59 Å². The third kappa shape index (κ3) is 1.75. The smallest absolute Gasteiger partial charge is 0.341 e. The Morgan fingerprint density at radius 2 is 2.19 bits per heavy atom. The number of rotatable bonds is 1. The third-order valence-corrected chi connectivity index (χ3v) is 3.13. The number of ketones is 1. The molecule has 0 aromatic carbocycles. The van der Waals surface area contributed by atoms with Gasteiger partial charge in [0.2, 0.25) is 5.78 Å². The predicted octanol–water partition coefficient (Wildman–Crippen LogP) is 1.67. The molecule has 0 aromatic rings. The van der Waals surface area contributed by atoms with Gasteiger partial charge in [0.15, 0.2) is 0 Å². The molecule has 2 rings (SSSR count). The largest absolute Gasteiger partial charge is 0.477 e. The van der Waals surface area contributed by atoms with Crippen molar-refractivity contribution in [3.05, 3.63) is 35.1 Å². The second-order valence-electron chi connectivity index (χ2n) is 3.53. The molecule has 4 nitrogen and oxygen atoms in total. The minimum absolute atomic E-state index is 0.101. The average Bonchev–Trinajstić information content (AvgIpc) is 2.19. The van der Waals surface area contributed by atoms with Crippen LogP contribution in [0.25, 0.3) is 0 Å². The first-order valence-corrected chi connectivity index (χ1v) is 5.86. The van der Waals surface area contributed by atoms with E-state index in [2.05, 4.69) is 27.6 Å². The third-order valence-electron chi connectivity index (χ3n) is 2.41. The zero-order valence-electron chi connectivity index (χ0n) is 8.40. The minimum Gasteiger partial charge on any atom is -0.477 e. The Labute approximate surface area is 106 Å². The Kier molecular flexibility index (Phi) is 2.79. The van der Waals surface area contributed by atoms with Crippen molar-refractivity contribution in [1.82, 2.24) is 0 Å². The molecule has 0 amide bonds. The van der Waals surface area contributed by atoms with Crippen molar-refractivity contribution in [3.8, 4) is 0 Å². The normalized spacial score (nSPS) is 23.9. The Morgan fingerprint density at radius 1 is 1.50 bits per heavy atom. The van der Waals surface area contributed by atoms with Crippen molar-refractivity contribution < 1.29 is 14.7 Å². The summed E-state index contributed by atoms with van der Waals surface area (Å²) in [5.74, 6) is -1.68. The number of carboxylic acids is 1. The van der Waals surface area contributed by atoms with Crippen molar-refractivity contribution in [1.29, 1.82) is 0 Å². The molecule has 82 valence electrons. The Hall–Kier alpha value is -1.24. The number of carboxylic acid groups (broad SMARTS) is 1. The summed E-state index contributed by atoms with van der Waals surface area (Å²) in [6.45, 7) is 1.87. The molecule has 1 heterocycles. The van der Waals surface area contributed by atoms with Gasteiger partial charge in [-0.25, -0.2) is 4.79 Å². The maximum Gasteiger partial charge on any atom is 0.341 e. The highest BCUT2D eigenvalue weighted by Gasteiger charge is 2.30. The molecule has 0 fully saturated rings. The van der Waals surface area contributed by atoms with Gasteiger partial charge in [-0.05, 0) is 12.5 Å². The lowest BCUT2D eigenvalue weighted by atomic mass is 9.89. The summed E-state index contributed by atoms with van der Waals surface area (Å²) in [6.07, 6.45) is 4.85. The monoisotopic (exact) mass is 329 g/mol. The zero-order valence-corrected chi connectivity index (χ0v) is 10.6. The fourth-order valence-corrected chi connectivity index (χ4v) is 2.56. The summed E-state index contributed by atoms with van der Waals surface area (Å²) in [7, 11) is 0. The molecule has 0 spiro atoms. The van der Waals surface area contributed by atoms with E-state index in [1.54, 1.807) is 6.08 Å². The molecule has 0 saturated heterocycles. The molecule has 0 radical (unpaired) electrons. The zero-order chi connectivity index (χ0) is 11.9. The van der Waals surface area contributed by atoms with Crippen LogP contribution in [0.15, 0.2) is 40.1 Å². The number of hydrogen-bond acceptors (Lipinski definition) is 3. The van der Waals surface area contributed by atoms with E-state index in [1.807, 2.05) is 13.0 Å². The molecule has 1 unspecified atom stereocenters. The van der Waals surface area contributed by atoms with Crippen molar-refractivity contribution >= 4 is 40.1 Å². The fraction of sp³-hybridized carbons (Fsp3) is 0.182. The number of allylic oxidation sites excluding steroid dienone is 4. The van der Waals surface area contributed by atoms with Crippen LogP contribution in [0.4, 0.5) is 0 Å². The van der Waals surface area contributed by atoms with Gasteiger partial charge >= 0.3 is 5.97 Å². The lowest BCUT2D eigenvalue weighted by Gasteiger charge is -2.19. The van der Waals surface area contributed by atoms with E-state index < -0.39 is 11.8 Å². The van der Waals surface area contributed by atoms with E-state index in [1.165, 1.54) is 0 Å². The van der Waals surface area contributed by atoms with Gasteiger partial charge in [-0.3, -0.25) is 9.79 Å². The molecule has 5 heteroatoms. The van der Waals surface area contributed by atoms with E-state index in [0.717, 1.165) is 11.8 Å².